The Hall–Kier alpha value is -2.41. The van der Waals surface area contributed by atoms with Gasteiger partial charge in [0.1, 0.15) is 23.1 Å². The molecule has 0 aliphatic carbocycles. The second-order valence-electron chi connectivity index (χ2n) is 6.47. The van der Waals surface area contributed by atoms with Crippen LogP contribution in [0.15, 0.2) is 36.4 Å². The van der Waals surface area contributed by atoms with E-state index in [2.05, 4.69) is 4.98 Å². The van der Waals surface area contributed by atoms with E-state index in [4.69, 9.17) is 25.8 Å². The summed E-state index contributed by atoms with van der Waals surface area (Å²) < 4.78 is 16.8. The van der Waals surface area contributed by atoms with Gasteiger partial charge in [0, 0.05) is 28.6 Å². The Kier molecular flexibility index (Phi) is 5.35. The Balaban J connectivity index is 1.49. The molecular formula is C21H18ClNO4S. The van der Waals surface area contributed by atoms with Crippen LogP contribution in [0.25, 0.3) is 10.6 Å². The van der Waals surface area contributed by atoms with E-state index in [9.17, 15) is 4.79 Å². The summed E-state index contributed by atoms with van der Waals surface area (Å²) >= 11 is 7.60. The van der Waals surface area contributed by atoms with E-state index in [0.29, 0.717) is 23.1 Å². The van der Waals surface area contributed by atoms with Gasteiger partial charge in [-0.25, -0.2) is 4.98 Å². The molecule has 5 nitrogen and oxygen atoms in total. The van der Waals surface area contributed by atoms with Gasteiger partial charge in [0.25, 0.3) is 0 Å². The van der Waals surface area contributed by atoms with Crippen LogP contribution in [-0.2, 0) is 18.0 Å². The number of nitrogens with zero attached hydrogens (tertiary/aromatic N) is 1. The van der Waals surface area contributed by atoms with Crippen molar-refractivity contribution in [3.05, 3.63) is 63.1 Å². The predicted octanol–water partition coefficient (Wildman–Crippen LogP) is 5.42. The first kappa shape index (κ1) is 18.9. The van der Waals surface area contributed by atoms with E-state index in [1.165, 1.54) is 11.3 Å². The molecule has 1 aliphatic rings. The van der Waals surface area contributed by atoms with Gasteiger partial charge in [0.2, 0.25) is 0 Å². The van der Waals surface area contributed by atoms with Crippen molar-refractivity contribution in [1.29, 1.82) is 0 Å². The number of benzene rings is 2. The minimum absolute atomic E-state index is 0.0404. The van der Waals surface area contributed by atoms with E-state index >= 15 is 0 Å². The predicted molar refractivity (Wildman–Crippen MR) is 108 cm³/mol. The number of rotatable bonds is 5. The molecule has 2 heterocycles. The van der Waals surface area contributed by atoms with Gasteiger partial charge in [0.15, 0.2) is 12.6 Å². The number of hydrogen-bond donors (Lipinski definition) is 0. The zero-order chi connectivity index (χ0) is 19.7. The Morgan fingerprint density at radius 3 is 2.79 bits per heavy atom. The smallest absolute Gasteiger partial charge is 0.189 e. The largest absolute Gasteiger partial charge is 0.489 e. The molecule has 0 unspecified atom stereocenters. The van der Waals surface area contributed by atoms with Crippen molar-refractivity contribution in [3.63, 3.8) is 0 Å². The van der Waals surface area contributed by atoms with Crippen LogP contribution in [0.4, 0.5) is 0 Å². The van der Waals surface area contributed by atoms with E-state index in [1.807, 2.05) is 43.3 Å². The maximum atomic E-state index is 11.6. The molecule has 0 N–H and O–H groups in total. The van der Waals surface area contributed by atoms with E-state index in [0.717, 1.165) is 38.9 Å². The fourth-order valence-electron chi connectivity index (χ4n) is 3.07. The molecule has 0 spiro atoms. The van der Waals surface area contributed by atoms with Gasteiger partial charge in [-0.2, -0.15) is 0 Å². The first-order chi connectivity index (χ1) is 13.5. The fraction of sp³-hybridized carbons (Fsp3) is 0.238. The molecule has 28 heavy (non-hydrogen) atoms. The van der Waals surface area contributed by atoms with Crippen LogP contribution in [0.2, 0.25) is 5.02 Å². The van der Waals surface area contributed by atoms with Crippen LogP contribution in [0.5, 0.6) is 11.5 Å². The molecule has 3 aromatic rings. The van der Waals surface area contributed by atoms with Crippen LogP contribution < -0.4 is 9.47 Å². The summed E-state index contributed by atoms with van der Waals surface area (Å²) in [4.78, 5) is 16.8. The Bertz CT molecular complexity index is 1030. The maximum absolute atomic E-state index is 11.6. The van der Waals surface area contributed by atoms with E-state index in [1.54, 1.807) is 6.92 Å². The maximum Gasteiger partial charge on any atom is 0.189 e. The molecule has 0 atom stereocenters. The summed E-state index contributed by atoms with van der Waals surface area (Å²) in [6, 6.07) is 11.4. The highest BCUT2D eigenvalue weighted by molar-refractivity contribution is 7.17. The number of carbonyl (C=O) groups excluding carboxylic acids is 1. The van der Waals surface area contributed by atoms with Gasteiger partial charge in [-0.05, 0) is 43.3 Å². The number of hydrogen-bond acceptors (Lipinski definition) is 6. The molecule has 0 saturated carbocycles. The van der Waals surface area contributed by atoms with Gasteiger partial charge < -0.3 is 14.2 Å². The van der Waals surface area contributed by atoms with Crippen molar-refractivity contribution in [2.45, 2.75) is 27.1 Å². The number of halogens is 1. The van der Waals surface area contributed by atoms with Crippen molar-refractivity contribution in [3.8, 4) is 22.1 Å². The van der Waals surface area contributed by atoms with Crippen LogP contribution >= 0.6 is 22.9 Å². The minimum atomic E-state index is 0.0404. The Labute approximate surface area is 171 Å². The number of ketones is 1. The molecule has 0 amide bonds. The summed E-state index contributed by atoms with van der Waals surface area (Å²) in [7, 11) is 0. The normalized spacial score (nSPS) is 13.0. The number of Topliss-reactive ketones (excluding diaryl/α,β-unsaturated/α-hetero) is 1. The number of ether oxygens (including phenoxy) is 3. The highest BCUT2D eigenvalue weighted by Gasteiger charge is 2.17. The SMILES string of the molecule is CC(=O)c1sc(-c2ccc(OCc3cc(Cl)cc4c3OCOC4)cc2)nc1C. The molecule has 7 heteroatoms. The van der Waals surface area contributed by atoms with Gasteiger partial charge >= 0.3 is 0 Å². The molecule has 2 aromatic carbocycles. The number of thiazole rings is 1. The summed E-state index contributed by atoms with van der Waals surface area (Å²) in [6.07, 6.45) is 0. The Morgan fingerprint density at radius 2 is 2.07 bits per heavy atom. The van der Waals surface area contributed by atoms with Gasteiger partial charge in [-0.15, -0.1) is 11.3 Å². The molecule has 0 fully saturated rings. The second-order valence-corrected chi connectivity index (χ2v) is 7.90. The lowest BCUT2D eigenvalue weighted by Gasteiger charge is -2.21. The number of aromatic nitrogens is 1. The van der Waals surface area contributed by atoms with Crippen LogP contribution in [-0.4, -0.2) is 17.6 Å². The quantitative estimate of drug-likeness (QED) is 0.521. The van der Waals surface area contributed by atoms with E-state index in [-0.39, 0.29) is 12.6 Å². The second kappa shape index (κ2) is 7.91. The zero-order valence-electron chi connectivity index (χ0n) is 15.5. The fourth-order valence-corrected chi connectivity index (χ4v) is 4.30. The van der Waals surface area contributed by atoms with Crippen LogP contribution in [0.1, 0.15) is 33.4 Å². The lowest BCUT2D eigenvalue weighted by molar-refractivity contribution is -0.0175. The molecule has 1 aromatic heterocycles. The summed E-state index contributed by atoms with van der Waals surface area (Å²) in [5, 5.41) is 1.45. The number of aryl methyl sites for hydroxylation is 1. The lowest BCUT2D eigenvalue weighted by atomic mass is 10.1. The third kappa shape index (κ3) is 3.90. The number of carbonyl (C=O) groups is 1. The molecule has 0 saturated heterocycles. The van der Waals surface area contributed by atoms with Crippen molar-refractivity contribution >= 4 is 28.7 Å². The van der Waals surface area contributed by atoms with Crippen LogP contribution in [0, 0.1) is 6.92 Å². The van der Waals surface area contributed by atoms with Gasteiger partial charge in [-0.1, -0.05) is 11.6 Å². The molecule has 4 rings (SSSR count). The number of fused-ring (bicyclic) bond motifs is 1. The van der Waals surface area contributed by atoms with Gasteiger partial charge in [-0.3, -0.25) is 4.79 Å². The lowest BCUT2D eigenvalue weighted by Crippen LogP contribution is -2.14. The summed E-state index contributed by atoms with van der Waals surface area (Å²) in [5.74, 6) is 1.55. The highest BCUT2D eigenvalue weighted by Crippen LogP contribution is 2.33. The molecule has 144 valence electrons. The van der Waals surface area contributed by atoms with E-state index < -0.39 is 0 Å². The van der Waals surface area contributed by atoms with Crippen molar-refractivity contribution < 1.29 is 19.0 Å². The van der Waals surface area contributed by atoms with Crippen molar-refractivity contribution in [1.82, 2.24) is 4.98 Å². The Morgan fingerprint density at radius 1 is 1.29 bits per heavy atom. The van der Waals surface area contributed by atoms with Gasteiger partial charge in [0.05, 0.1) is 17.2 Å². The zero-order valence-corrected chi connectivity index (χ0v) is 17.0. The third-order valence-electron chi connectivity index (χ3n) is 4.36. The average Bonchev–Trinajstić information content (AvgIpc) is 3.08. The van der Waals surface area contributed by atoms with Crippen molar-refractivity contribution in [2.75, 3.05) is 6.79 Å². The minimum Gasteiger partial charge on any atom is -0.489 e. The molecule has 0 radical (unpaired) electrons. The summed E-state index contributed by atoms with van der Waals surface area (Å²) in [5.41, 5.74) is 3.53. The summed E-state index contributed by atoms with van der Waals surface area (Å²) in [6.45, 7) is 4.46. The molecule has 0 bridgehead atoms. The first-order valence-electron chi connectivity index (χ1n) is 8.74. The third-order valence-corrected chi connectivity index (χ3v) is 5.89. The van der Waals surface area contributed by atoms with Crippen molar-refractivity contribution in [2.24, 2.45) is 0 Å². The topological polar surface area (TPSA) is 57.7 Å². The molecular weight excluding hydrogens is 398 g/mol. The monoisotopic (exact) mass is 415 g/mol. The molecule has 1 aliphatic heterocycles. The van der Waals surface area contributed by atoms with Crippen LogP contribution in [0.3, 0.4) is 0 Å². The first-order valence-corrected chi connectivity index (χ1v) is 9.94. The average molecular weight is 416 g/mol. The standard InChI is InChI=1S/C21H18ClNO4S/c1-12-20(13(2)24)28-21(23-12)14-3-5-18(6-4-14)26-10-16-8-17(22)7-15-9-25-11-27-19(15)16/h3-8H,9-11H2,1-2H3. The highest BCUT2D eigenvalue weighted by atomic mass is 35.5.